The van der Waals surface area contributed by atoms with Crippen molar-refractivity contribution in [3.63, 3.8) is 0 Å². The molecule has 0 amide bonds. The lowest BCUT2D eigenvalue weighted by atomic mass is 9.85. The van der Waals surface area contributed by atoms with Gasteiger partial charge in [-0.1, -0.05) is 29.8 Å². The Balaban J connectivity index is 1.73. The average molecular weight is 460 g/mol. The van der Waals surface area contributed by atoms with Gasteiger partial charge < -0.3 is 24.4 Å². The molecule has 1 aromatic carbocycles. The highest BCUT2D eigenvalue weighted by molar-refractivity contribution is 6.32. The molecule has 0 radical (unpaired) electrons. The molecule has 2 aliphatic carbocycles. The highest BCUT2D eigenvalue weighted by Crippen LogP contribution is 2.53. The predicted molar refractivity (Wildman–Crippen MR) is 112 cm³/mol. The van der Waals surface area contributed by atoms with Crippen molar-refractivity contribution < 1.29 is 34.0 Å². The summed E-state index contributed by atoms with van der Waals surface area (Å²) in [6, 6.07) is 5.46. The van der Waals surface area contributed by atoms with Crippen molar-refractivity contribution in [3.05, 3.63) is 51.6 Å². The minimum atomic E-state index is -1.78. The van der Waals surface area contributed by atoms with Crippen molar-refractivity contribution in [2.24, 2.45) is 0 Å². The van der Waals surface area contributed by atoms with Gasteiger partial charge in [-0.3, -0.25) is 9.59 Å². The van der Waals surface area contributed by atoms with E-state index in [4.69, 9.17) is 31.1 Å². The summed E-state index contributed by atoms with van der Waals surface area (Å²) in [6.07, 6.45) is -0.269. The van der Waals surface area contributed by atoms with Crippen molar-refractivity contribution in [3.8, 4) is 6.07 Å². The van der Waals surface area contributed by atoms with E-state index in [9.17, 15) is 19.8 Å². The minimum absolute atomic E-state index is 0.0980. The summed E-state index contributed by atoms with van der Waals surface area (Å²) >= 11 is 6.44. The Labute approximate surface area is 189 Å². The van der Waals surface area contributed by atoms with E-state index < -0.39 is 47.6 Å². The van der Waals surface area contributed by atoms with E-state index in [2.05, 4.69) is 6.07 Å². The topological polar surface area (TPSA) is 126 Å². The first-order valence-electron chi connectivity index (χ1n) is 10.1. The molecule has 1 saturated heterocycles. The highest BCUT2D eigenvalue weighted by atomic mass is 35.5. The molecule has 1 heterocycles. The van der Waals surface area contributed by atoms with E-state index in [1.165, 1.54) is 19.9 Å². The number of nitrogens with zero attached hydrogens (tertiary/aromatic N) is 1. The predicted octanol–water partition coefficient (Wildman–Crippen LogP) is 1.94. The number of halogens is 1. The van der Waals surface area contributed by atoms with Crippen LogP contribution in [0.4, 0.5) is 0 Å². The Bertz CT molecular complexity index is 1110. The number of rotatable bonds is 4. The first-order valence-corrected chi connectivity index (χ1v) is 10.5. The number of ether oxygens (including phenoxy) is 3. The Morgan fingerprint density at radius 2 is 2.09 bits per heavy atom. The zero-order chi connectivity index (χ0) is 23.4. The molecule has 0 aromatic heterocycles. The molecule has 0 spiro atoms. The number of aliphatic hydroxyl groups is 2. The van der Waals surface area contributed by atoms with E-state index >= 15 is 0 Å². The van der Waals surface area contributed by atoms with Gasteiger partial charge in [-0.15, -0.1) is 0 Å². The SMILES string of the molecule is CC(=O)OC1(C)C(=O)C(O)C(O[C@]23C(=Cc4c(Cl)cc(CC#N)cc42)C=C[C@@H]3O)OC1C. The lowest BCUT2D eigenvalue weighted by molar-refractivity contribution is -0.299. The molecule has 3 aliphatic rings. The number of esters is 1. The quantitative estimate of drug-likeness (QED) is 0.654. The number of Topliss-reactive ketones (excluding diaryl/α,β-unsaturated/α-hetero) is 1. The second-order valence-electron chi connectivity index (χ2n) is 8.29. The number of fused-ring (bicyclic) bond motifs is 3. The van der Waals surface area contributed by atoms with Crippen LogP contribution >= 0.6 is 11.6 Å². The van der Waals surface area contributed by atoms with Crippen molar-refractivity contribution in [1.29, 1.82) is 5.26 Å². The molecule has 4 rings (SSSR count). The van der Waals surface area contributed by atoms with Crippen LogP contribution < -0.4 is 0 Å². The van der Waals surface area contributed by atoms with Crippen LogP contribution in [-0.2, 0) is 35.8 Å². The molecule has 32 heavy (non-hydrogen) atoms. The highest BCUT2D eigenvalue weighted by Gasteiger charge is 2.58. The molecular formula is C23H22ClNO7. The molecule has 9 heteroatoms. The number of carbonyl (C=O) groups excluding carboxylic acids is 2. The molecule has 1 aliphatic heterocycles. The molecule has 4 unspecified atom stereocenters. The summed E-state index contributed by atoms with van der Waals surface area (Å²) in [4.78, 5) is 24.4. The molecule has 8 nitrogen and oxygen atoms in total. The molecule has 1 aromatic rings. The van der Waals surface area contributed by atoms with Crippen molar-refractivity contribution in [2.75, 3.05) is 0 Å². The van der Waals surface area contributed by atoms with E-state index in [1.54, 1.807) is 24.3 Å². The second kappa shape index (κ2) is 7.80. The fraction of sp³-hybridized carbons (Fsp3) is 0.435. The molecular weight excluding hydrogens is 438 g/mol. The van der Waals surface area contributed by atoms with Crippen LogP contribution in [-0.4, -0.2) is 52.2 Å². The monoisotopic (exact) mass is 459 g/mol. The van der Waals surface area contributed by atoms with Crippen LogP contribution in [0.2, 0.25) is 5.02 Å². The lowest BCUT2D eigenvalue weighted by Crippen LogP contribution is -2.64. The van der Waals surface area contributed by atoms with E-state index in [0.29, 0.717) is 27.3 Å². The summed E-state index contributed by atoms with van der Waals surface area (Å²) in [5.41, 5.74) is -0.853. The van der Waals surface area contributed by atoms with Crippen LogP contribution in [0.5, 0.6) is 0 Å². The number of ketones is 1. The van der Waals surface area contributed by atoms with Gasteiger partial charge >= 0.3 is 5.97 Å². The smallest absolute Gasteiger partial charge is 0.303 e. The standard InChI is InChI=1S/C23H22ClNO7/c1-11-22(3,31-12(2)26)20(29)19(28)21(30-11)32-23-14(4-5-18(23)27)10-15-16(23)8-13(6-7-25)9-17(15)24/h4-5,8-11,18-19,21,27-28H,6H2,1-3H3/t11?,18-,19?,21?,22?,23+/m0/s1. The summed E-state index contributed by atoms with van der Waals surface area (Å²) < 4.78 is 17.1. The number of hydrogen-bond donors (Lipinski definition) is 2. The van der Waals surface area contributed by atoms with Crippen molar-refractivity contribution >= 4 is 29.4 Å². The van der Waals surface area contributed by atoms with Crippen molar-refractivity contribution in [1.82, 2.24) is 0 Å². The summed E-state index contributed by atoms with van der Waals surface area (Å²) in [6.45, 7) is 4.06. The normalized spacial score (nSPS) is 35.2. The molecule has 2 N–H and O–H groups in total. The minimum Gasteiger partial charge on any atom is -0.449 e. The zero-order valence-corrected chi connectivity index (χ0v) is 18.4. The fourth-order valence-corrected chi connectivity index (χ4v) is 4.80. The third-order valence-electron chi connectivity index (χ3n) is 6.26. The third kappa shape index (κ3) is 3.20. The second-order valence-corrected chi connectivity index (χ2v) is 8.69. The molecule has 6 atom stereocenters. The third-order valence-corrected chi connectivity index (χ3v) is 6.58. The van der Waals surface area contributed by atoms with Gasteiger partial charge in [-0.25, -0.2) is 0 Å². The van der Waals surface area contributed by atoms with E-state index in [1.807, 2.05) is 0 Å². The largest absolute Gasteiger partial charge is 0.449 e. The van der Waals surface area contributed by atoms with Gasteiger partial charge in [0.1, 0.15) is 12.2 Å². The fourth-order valence-electron chi connectivity index (χ4n) is 4.50. The average Bonchev–Trinajstić information content (AvgIpc) is 3.19. The first kappa shape index (κ1) is 22.6. The number of carbonyl (C=O) groups is 2. The zero-order valence-electron chi connectivity index (χ0n) is 17.7. The Morgan fingerprint density at radius 1 is 1.38 bits per heavy atom. The molecule has 0 saturated carbocycles. The van der Waals surface area contributed by atoms with Gasteiger partial charge in [0.2, 0.25) is 5.78 Å². The summed E-state index contributed by atoms with van der Waals surface area (Å²) in [5.74, 6) is -1.46. The van der Waals surface area contributed by atoms with Gasteiger partial charge in [0, 0.05) is 23.1 Å². The van der Waals surface area contributed by atoms with E-state index in [-0.39, 0.29) is 6.42 Å². The Hall–Kier alpha value is -2.54. The first-order chi connectivity index (χ1) is 15.0. The van der Waals surface area contributed by atoms with Crippen molar-refractivity contribution in [2.45, 2.75) is 63.0 Å². The maximum atomic E-state index is 13.0. The van der Waals surface area contributed by atoms with Crippen LogP contribution in [0, 0.1) is 11.3 Å². The number of benzene rings is 1. The lowest BCUT2D eigenvalue weighted by Gasteiger charge is -2.45. The van der Waals surface area contributed by atoms with Gasteiger partial charge in [0.05, 0.1) is 12.5 Å². The van der Waals surface area contributed by atoms with Crippen LogP contribution in [0.3, 0.4) is 0 Å². The van der Waals surface area contributed by atoms with Crippen LogP contribution in [0.25, 0.3) is 6.08 Å². The number of aliphatic hydroxyl groups excluding tert-OH is 2. The molecule has 0 bridgehead atoms. The van der Waals surface area contributed by atoms with Gasteiger partial charge in [-0.05, 0) is 37.1 Å². The Kier molecular flexibility index (Phi) is 5.52. The number of hydrogen-bond acceptors (Lipinski definition) is 8. The summed E-state index contributed by atoms with van der Waals surface area (Å²) in [5, 5.41) is 31.1. The van der Waals surface area contributed by atoms with Crippen LogP contribution in [0.1, 0.15) is 37.5 Å². The van der Waals surface area contributed by atoms with Gasteiger partial charge in [0.25, 0.3) is 0 Å². The molecule has 1 fully saturated rings. The maximum absolute atomic E-state index is 13.0. The van der Waals surface area contributed by atoms with Gasteiger partial charge in [-0.2, -0.15) is 5.26 Å². The molecule has 168 valence electrons. The van der Waals surface area contributed by atoms with Gasteiger partial charge in [0.15, 0.2) is 23.6 Å². The van der Waals surface area contributed by atoms with E-state index in [0.717, 1.165) is 6.92 Å². The Morgan fingerprint density at radius 3 is 2.75 bits per heavy atom. The summed E-state index contributed by atoms with van der Waals surface area (Å²) in [7, 11) is 0. The van der Waals surface area contributed by atoms with Crippen LogP contribution in [0.15, 0.2) is 29.9 Å². The maximum Gasteiger partial charge on any atom is 0.303 e. The number of nitriles is 1.